The van der Waals surface area contributed by atoms with Gasteiger partial charge in [0.15, 0.2) is 0 Å². The third-order valence-corrected chi connectivity index (χ3v) is 2.55. The Morgan fingerprint density at radius 3 is 2.50 bits per heavy atom. The van der Waals surface area contributed by atoms with Crippen molar-refractivity contribution >= 4 is 17.9 Å². The van der Waals surface area contributed by atoms with Crippen LogP contribution in [0.5, 0.6) is 0 Å². The minimum atomic E-state index is -1.01. The van der Waals surface area contributed by atoms with Crippen molar-refractivity contribution in [2.75, 3.05) is 6.61 Å². The second kappa shape index (κ2) is 11.0. The van der Waals surface area contributed by atoms with Crippen LogP contribution in [0.1, 0.15) is 45.4 Å². The molecular formula is C14H22O6. The van der Waals surface area contributed by atoms with Crippen LogP contribution in [0, 0.1) is 0 Å². The molecule has 0 heterocycles. The van der Waals surface area contributed by atoms with E-state index in [1.54, 1.807) is 0 Å². The van der Waals surface area contributed by atoms with Crippen molar-refractivity contribution in [2.24, 2.45) is 0 Å². The normalized spacial score (nSPS) is 11.4. The molecule has 1 atom stereocenters. The van der Waals surface area contributed by atoms with Gasteiger partial charge in [0, 0.05) is 6.08 Å². The minimum Gasteiger partial charge on any atom is -0.481 e. The van der Waals surface area contributed by atoms with Gasteiger partial charge in [-0.05, 0) is 32.6 Å². The predicted octanol–water partition coefficient (Wildman–Crippen LogP) is 2.07. The zero-order chi connectivity index (χ0) is 15.4. The van der Waals surface area contributed by atoms with E-state index in [-0.39, 0.29) is 18.9 Å². The zero-order valence-electron chi connectivity index (χ0n) is 11.8. The number of aliphatic carboxylic acids is 1. The van der Waals surface area contributed by atoms with Crippen molar-refractivity contribution in [3.63, 3.8) is 0 Å². The predicted molar refractivity (Wildman–Crippen MR) is 72.0 cm³/mol. The number of hydrogen-bond acceptors (Lipinski definition) is 5. The van der Waals surface area contributed by atoms with Gasteiger partial charge in [-0.1, -0.05) is 6.58 Å². The molecule has 1 unspecified atom stereocenters. The molecule has 0 rings (SSSR count). The molecule has 1 N–H and O–H groups in total. The number of rotatable bonds is 11. The van der Waals surface area contributed by atoms with Gasteiger partial charge in [0.05, 0.1) is 25.6 Å². The van der Waals surface area contributed by atoms with E-state index in [2.05, 4.69) is 6.58 Å². The lowest BCUT2D eigenvalue weighted by Gasteiger charge is -2.11. The monoisotopic (exact) mass is 286 g/mol. The second-order valence-corrected chi connectivity index (χ2v) is 4.42. The number of hydrogen-bond donors (Lipinski definition) is 1. The van der Waals surface area contributed by atoms with Crippen LogP contribution in [0.3, 0.4) is 0 Å². The standard InChI is InChI=1S/C14H22O6/c1-3-13(17)20-11(2)7-5-4-6-10-19-14(18)9-8-12(15)16/h3,11H,1,4-10H2,2H3,(H,15,16). The summed E-state index contributed by atoms with van der Waals surface area (Å²) in [5.41, 5.74) is 0. The number of esters is 2. The molecule has 0 aromatic carbocycles. The molecule has 0 spiro atoms. The first-order valence-electron chi connectivity index (χ1n) is 6.66. The third kappa shape index (κ3) is 11.3. The maximum Gasteiger partial charge on any atom is 0.330 e. The van der Waals surface area contributed by atoms with E-state index in [4.69, 9.17) is 14.6 Å². The van der Waals surface area contributed by atoms with Crippen molar-refractivity contribution < 1.29 is 29.0 Å². The maximum absolute atomic E-state index is 11.1. The topological polar surface area (TPSA) is 89.9 Å². The molecule has 0 bridgehead atoms. The summed E-state index contributed by atoms with van der Waals surface area (Å²) in [5, 5.41) is 8.39. The average molecular weight is 286 g/mol. The summed E-state index contributed by atoms with van der Waals surface area (Å²) >= 11 is 0. The number of carbonyl (C=O) groups is 3. The van der Waals surface area contributed by atoms with Gasteiger partial charge in [-0.25, -0.2) is 4.79 Å². The van der Waals surface area contributed by atoms with E-state index in [1.807, 2.05) is 6.92 Å². The maximum atomic E-state index is 11.1. The summed E-state index contributed by atoms with van der Waals surface area (Å²) < 4.78 is 9.88. The van der Waals surface area contributed by atoms with Crippen molar-refractivity contribution in [3.8, 4) is 0 Å². The summed E-state index contributed by atoms with van der Waals surface area (Å²) in [4.78, 5) is 32.2. The van der Waals surface area contributed by atoms with E-state index in [0.717, 1.165) is 25.3 Å². The van der Waals surface area contributed by atoms with Crippen LogP contribution in [0.4, 0.5) is 0 Å². The number of ether oxygens (including phenoxy) is 2. The first-order valence-corrected chi connectivity index (χ1v) is 6.66. The van der Waals surface area contributed by atoms with Gasteiger partial charge in [0.1, 0.15) is 0 Å². The summed E-state index contributed by atoms with van der Waals surface area (Å²) in [6.07, 6.45) is 3.84. The Bertz CT molecular complexity index is 337. The third-order valence-electron chi connectivity index (χ3n) is 2.55. The van der Waals surface area contributed by atoms with Crippen LogP contribution in [-0.4, -0.2) is 35.7 Å². The number of unbranched alkanes of at least 4 members (excludes halogenated alkanes) is 2. The highest BCUT2D eigenvalue weighted by Gasteiger charge is 2.07. The summed E-state index contributed by atoms with van der Waals surface area (Å²) in [6, 6.07) is 0. The first kappa shape index (κ1) is 18.1. The SMILES string of the molecule is C=CC(=O)OC(C)CCCCCOC(=O)CCC(=O)O. The van der Waals surface area contributed by atoms with Gasteiger partial charge in [0.2, 0.25) is 0 Å². The summed E-state index contributed by atoms with van der Waals surface area (Å²) in [5.74, 6) is -1.92. The van der Waals surface area contributed by atoms with Crippen molar-refractivity contribution in [2.45, 2.75) is 51.6 Å². The van der Waals surface area contributed by atoms with E-state index in [1.165, 1.54) is 0 Å². The van der Waals surface area contributed by atoms with Crippen LogP contribution in [-0.2, 0) is 23.9 Å². The molecule has 0 aliphatic rings. The fourth-order valence-electron chi connectivity index (χ4n) is 1.48. The molecule has 0 saturated heterocycles. The lowest BCUT2D eigenvalue weighted by atomic mass is 10.1. The fraction of sp³-hybridized carbons (Fsp3) is 0.643. The van der Waals surface area contributed by atoms with E-state index < -0.39 is 17.9 Å². The highest BCUT2D eigenvalue weighted by atomic mass is 16.5. The lowest BCUT2D eigenvalue weighted by molar-refractivity contribution is -0.147. The molecular weight excluding hydrogens is 264 g/mol. The van der Waals surface area contributed by atoms with Gasteiger partial charge in [-0.3, -0.25) is 9.59 Å². The summed E-state index contributed by atoms with van der Waals surface area (Å²) in [7, 11) is 0. The van der Waals surface area contributed by atoms with Gasteiger partial charge in [0.25, 0.3) is 0 Å². The van der Waals surface area contributed by atoms with Crippen LogP contribution in [0.25, 0.3) is 0 Å². The van der Waals surface area contributed by atoms with Crippen molar-refractivity contribution in [1.29, 1.82) is 0 Å². The molecule has 114 valence electrons. The van der Waals surface area contributed by atoms with E-state index in [9.17, 15) is 14.4 Å². The highest BCUT2D eigenvalue weighted by molar-refractivity contribution is 5.81. The molecule has 0 aromatic heterocycles. The largest absolute Gasteiger partial charge is 0.481 e. The Kier molecular flexibility index (Phi) is 10.00. The average Bonchev–Trinajstić information content (AvgIpc) is 2.40. The molecule has 0 aromatic rings. The zero-order valence-corrected chi connectivity index (χ0v) is 11.8. The number of carbonyl (C=O) groups excluding carboxylic acids is 2. The Labute approximate surface area is 118 Å². The van der Waals surface area contributed by atoms with Crippen molar-refractivity contribution in [1.82, 2.24) is 0 Å². The minimum absolute atomic E-state index is 0.0934. The Morgan fingerprint density at radius 1 is 1.20 bits per heavy atom. The molecule has 0 aliphatic heterocycles. The lowest BCUT2D eigenvalue weighted by Crippen LogP contribution is -2.12. The molecule has 0 radical (unpaired) electrons. The van der Waals surface area contributed by atoms with Crippen LogP contribution in [0.15, 0.2) is 12.7 Å². The van der Waals surface area contributed by atoms with Gasteiger partial charge in [-0.15, -0.1) is 0 Å². The van der Waals surface area contributed by atoms with Crippen LogP contribution < -0.4 is 0 Å². The molecule has 0 saturated carbocycles. The highest BCUT2D eigenvalue weighted by Crippen LogP contribution is 2.07. The molecule has 0 amide bonds. The first-order chi connectivity index (χ1) is 9.45. The summed E-state index contributed by atoms with van der Waals surface area (Å²) in [6.45, 7) is 5.42. The molecule has 6 nitrogen and oxygen atoms in total. The number of carboxylic acid groups (broad SMARTS) is 1. The molecule has 0 aliphatic carbocycles. The Hall–Kier alpha value is -1.85. The van der Waals surface area contributed by atoms with E-state index >= 15 is 0 Å². The van der Waals surface area contributed by atoms with Crippen LogP contribution in [0.2, 0.25) is 0 Å². The van der Waals surface area contributed by atoms with Crippen molar-refractivity contribution in [3.05, 3.63) is 12.7 Å². The van der Waals surface area contributed by atoms with E-state index in [0.29, 0.717) is 13.0 Å². The number of carboxylic acids is 1. The smallest absolute Gasteiger partial charge is 0.330 e. The molecule has 0 fully saturated rings. The quantitative estimate of drug-likeness (QED) is 0.355. The van der Waals surface area contributed by atoms with Gasteiger partial charge >= 0.3 is 17.9 Å². The fourth-order valence-corrected chi connectivity index (χ4v) is 1.48. The molecule has 6 heteroatoms. The second-order valence-electron chi connectivity index (χ2n) is 4.42. The molecule has 20 heavy (non-hydrogen) atoms. The van der Waals surface area contributed by atoms with Gasteiger partial charge < -0.3 is 14.6 Å². The Morgan fingerprint density at radius 2 is 1.90 bits per heavy atom. The van der Waals surface area contributed by atoms with Gasteiger partial charge in [-0.2, -0.15) is 0 Å². The Balaban J connectivity index is 3.44. The van der Waals surface area contributed by atoms with Crippen LogP contribution >= 0.6 is 0 Å².